The lowest BCUT2D eigenvalue weighted by atomic mass is 9.83. The summed E-state index contributed by atoms with van der Waals surface area (Å²) < 4.78 is 1.57. The van der Waals surface area contributed by atoms with E-state index < -0.39 is 0 Å². The number of nitrogen functional groups attached to an aromatic ring is 1. The first kappa shape index (κ1) is 13.6. The summed E-state index contributed by atoms with van der Waals surface area (Å²) in [5, 5.41) is 4.13. The minimum absolute atomic E-state index is 0.0812. The average Bonchev–Trinajstić information content (AvgIpc) is 2.66. The third kappa shape index (κ3) is 2.80. The Morgan fingerprint density at radius 1 is 1.42 bits per heavy atom. The summed E-state index contributed by atoms with van der Waals surface area (Å²) in [6.07, 6.45) is 4.73. The van der Waals surface area contributed by atoms with Gasteiger partial charge in [0.1, 0.15) is 0 Å². The van der Waals surface area contributed by atoms with Crippen LogP contribution in [-0.2, 0) is 7.05 Å². The Kier molecular flexibility index (Phi) is 3.39. The third-order valence-electron chi connectivity index (χ3n) is 3.52. The predicted molar refractivity (Wildman–Crippen MR) is 75.7 cm³/mol. The zero-order valence-corrected chi connectivity index (χ0v) is 12.1. The van der Waals surface area contributed by atoms with Crippen molar-refractivity contribution in [1.82, 2.24) is 14.7 Å². The van der Waals surface area contributed by atoms with E-state index in [0.717, 1.165) is 13.0 Å². The van der Waals surface area contributed by atoms with E-state index in [1.54, 1.807) is 22.8 Å². The maximum absolute atomic E-state index is 12.3. The van der Waals surface area contributed by atoms with Gasteiger partial charge >= 0.3 is 0 Å². The van der Waals surface area contributed by atoms with Crippen LogP contribution in [0.1, 0.15) is 37.7 Å². The van der Waals surface area contributed by atoms with Crippen LogP contribution in [0.3, 0.4) is 0 Å². The fraction of sp³-hybridized carbons (Fsp3) is 0.571. The number of hydrogen-bond donors (Lipinski definition) is 1. The molecule has 0 fully saturated rings. The summed E-state index contributed by atoms with van der Waals surface area (Å²) in [6, 6.07) is 0. The fourth-order valence-corrected chi connectivity index (χ4v) is 2.36. The van der Waals surface area contributed by atoms with Gasteiger partial charge in [0.05, 0.1) is 5.69 Å². The molecule has 5 nitrogen and oxygen atoms in total. The number of aromatic nitrogens is 2. The van der Waals surface area contributed by atoms with Crippen LogP contribution >= 0.6 is 0 Å². The molecule has 1 aromatic rings. The smallest absolute Gasteiger partial charge is 0.276 e. The van der Waals surface area contributed by atoms with Crippen molar-refractivity contribution in [1.29, 1.82) is 0 Å². The highest BCUT2D eigenvalue weighted by atomic mass is 16.2. The SMILES string of the molecule is Cn1cc(N)c(C(=O)N2CC=C(C(C)(C)C)CC2)n1. The molecule has 0 aromatic carbocycles. The molecule has 19 heavy (non-hydrogen) atoms. The minimum Gasteiger partial charge on any atom is -0.396 e. The minimum atomic E-state index is -0.0812. The Labute approximate surface area is 114 Å². The highest BCUT2D eigenvalue weighted by Crippen LogP contribution is 2.30. The van der Waals surface area contributed by atoms with Gasteiger partial charge in [0.15, 0.2) is 5.69 Å². The van der Waals surface area contributed by atoms with Crippen molar-refractivity contribution in [2.24, 2.45) is 12.5 Å². The van der Waals surface area contributed by atoms with E-state index in [2.05, 4.69) is 31.9 Å². The van der Waals surface area contributed by atoms with E-state index in [-0.39, 0.29) is 11.3 Å². The molecular weight excluding hydrogens is 240 g/mol. The fourth-order valence-electron chi connectivity index (χ4n) is 2.36. The molecule has 1 aliphatic heterocycles. The standard InChI is InChI=1S/C14H22N4O/c1-14(2,3)10-5-7-18(8-6-10)13(19)12-11(15)9-17(4)16-12/h5,9H,6-8,15H2,1-4H3. The molecule has 0 atom stereocenters. The number of aryl methyl sites for hydroxylation is 1. The molecule has 0 bridgehead atoms. The first-order valence-corrected chi connectivity index (χ1v) is 6.57. The average molecular weight is 262 g/mol. The van der Waals surface area contributed by atoms with Crippen LogP contribution in [0.15, 0.2) is 17.8 Å². The summed E-state index contributed by atoms with van der Waals surface area (Å²) in [7, 11) is 1.76. The van der Waals surface area contributed by atoms with Crippen molar-refractivity contribution in [2.75, 3.05) is 18.8 Å². The quantitative estimate of drug-likeness (QED) is 0.785. The Hall–Kier alpha value is -1.78. The van der Waals surface area contributed by atoms with E-state index in [1.165, 1.54) is 5.57 Å². The maximum Gasteiger partial charge on any atom is 0.276 e. The molecule has 0 saturated carbocycles. The second-order valence-corrected chi connectivity index (χ2v) is 6.09. The van der Waals surface area contributed by atoms with Gasteiger partial charge < -0.3 is 10.6 Å². The molecule has 0 unspecified atom stereocenters. The van der Waals surface area contributed by atoms with Gasteiger partial charge in [-0.25, -0.2) is 0 Å². The summed E-state index contributed by atoms with van der Waals surface area (Å²) in [5.41, 5.74) is 8.19. The molecule has 0 aliphatic carbocycles. The van der Waals surface area contributed by atoms with E-state index in [4.69, 9.17) is 5.73 Å². The Bertz CT molecular complexity index is 522. The zero-order chi connectivity index (χ0) is 14.2. The molecule has 2 heterocycles. The van der Waals surface area contributed by atoms with Crippen LogP contribution in [0.5, 0.6) is 0 Å². The van der Waals surface area contributed by atoms with Gasteiger partial charge in [-0.05, 0) is 11.8 Å². The molecule has 2 N–H and O–H groups in total. The number of hydrogen-bond acceptors (Lipinski definition) is 3. The number of nitrogens with two attached hydrogens (primary N) is 1. The van der Waals surface area contributed by atoms with E-state index in [9.17, 15) is 4.79 Å². The number of carbonyl (C=O) groups is 1. The lowest BCUT2D eigenvalue weighted by Crippen LogP contribution is -2.37. The van der Waals surface area contributed by atoms with Crippen molar-refractivity contribution < 1.29 is 4.79 Å². The second-order valence-electron chi connectivity index (χ2n) is 6.09. The van der Waals surface area contributed by atoms with Crippen LogP contribution in [0.25, 0.3) is 0 Å². The van der Waals surface area contributed by atoms with E-state index in [0.29, 0.717) is 17.9 Å². The molecule has 1 aliphatic rings. The molecule has 0 spiro atoms. The number of carbonyl (C=O) groups excluding carboxylic acids is 1. The molecule has 0 radical (unpaired) electrons. The largest absolute Gasteiger partial charge is 0.396 e. The normalized spacial score (nSPS) is 16.4. The first-order chi connectivity index (χ1) is 8.79. The maximum atomic E-state index is 12.3. The van der Waals surface area contributed by atoms with Crippen molar-refractivity contribution in [3.05, 3.63) is 23.5 Å². The van der Waals surface area contributed by atoms with Crippen LogP contribution in [0.2, 0.25) is 0 Å². The van der Waals surface area contributed by atoms with E-state index >= 15 is 0 Å². The number of rotatable bonds is 1. The predicted octanol–water partition coefficient (Wildman–Crippen LogP) is 1.82. The van der Waals surface area contributed by atoms with Gasteiger partial charge in [0.25, 0.3) is 5.91 Å². The van der Waals surface area contributed by atoms with Gasteiger partial charge in [0.2, 0.25) is 0 Å². The summed E-state index contributed by atoms with van der Waals surface area (Å²) in [5.74, 6) is -0.0812. The van der Waals surface area contributed by atoms with Gasteiger partial charge in [-0.15, -0.1) is 0 Å². The van der Waals surface area contributed by atoms with Gasteiger partial charge in [-0.1, -0.05) is 32.4 Å². The van der Waals surface area contributed by atoms with Gasteiger partial charge in [-0.3, -0.25) is 9.48 Å². The Balaban J connectivity index is 2.12. The molecular formula is C14H22N4O. The molecule has 104 valence electrons. The molecule has 1 amide bonds. The van der Waals surface area contributed by atoms with Crippen molar-refractivity contribution in [3.8, 4) is 0 Å². The molecule has 2 rings (SSSR count). The molecule has 5 heteroatoms. The topological polar surface area (TPSA) is 64.2 Å². The van der Waals surface area contributed by atoms with E-state index in [1.807, 2.05) is 0 Å². The summed E-state index contributed by atoms with van der Waals surface area (Å²) in [6.45, 7) is 7.98. The monoisotopic (exact) mass is 262 g/mol. The summed E-state index contributed by atoms with van der Waals surface area (Å²) >= 11 is 0. The van der Waals surface area contributed by atoms with Crippen LogP contribution < -0.4 is 5.73 Å². The number of amides is 1. The Morgan fingerprint density at radius 2 is 2.11 bits per heavy atom. The van der Waals surface area contributed by atoms with Crippen molar-refractivity contribution in [2.45, 2.75) is 27.2 Å². The van der Waals surface area contributed by atoms with Gasteiger partial charge in [0, 0.05) is 26.3 Å². The lowest BCUT2D eigenvalue weighted by Gasteiger charge is -2.31. The highest BCUT2D eigenvalue weighted by molar-refractivity contribution is 5.97. The first-order valence-electron chi connectivity index (χ1n) is 6.57. The summed E-state index contributed by atoms with van der Waals surface area (Å²) in [4.78, 5) is 14.1. The third-order valence-corrected chi connectivity index (χ3v) is 3.52. The lowest BCUT2D eigenvalue weighted by molar-refractivity contribution is 0.0759. The molecule has 1 aromatic heterocycles. The van der Waals surface area contributed by atoms with Crippen molar-refractivity contribution >= 4 is 11.6 Å². The van der Waals surface area contributed by atoms with Crippen molar-refractivity contribution in [3.63, 3.8) is 0 Å². The number of anilines is 1. The van der Waals surface area contributed by atoms with Crippen LogP contribution in [-0.4, -0.2) is 33.7 Å². The highest BCUT2D eigenvalue weighted by Gasteiger charge is 2.26. The second kappa shape index (κ2) is 4.72. The van der Waals surface area contributed by atoms with Gasteiger partial charge in [-0.2, -0.15) is 5.10 Å². The Morgan fingerprint density at radius 3 is 2.53 bits per heavy atom. The number of nitrogens with zero attached hydrogens (tertiary/aromatic N) is 3. The van der Waals surface area contributed by atoms with Crippen LogP contribution in [0, 0.1) is 5.41 Å². The zero-order valence-electron chi connectivity index (χ0n) is 12.1. The van der Waals surface area contributed by atoms with Crippen LogP contribution in [0.4, 0.5) is 5.69 Å². The molecule has 0 saturated heterocycles.